The molecule has 0 atom stereocenters. The van der Waals surface area contributed by atoms with Crippen LogP contribution in [0, 0.1) is 0 Å². The van der Waals surface area contributed by atoms with Gasteiger partial charge in [-0.1, -0.05) is 0 Å². The van der Waals surface area contributed by atoms with Crippen molar-refractivity contribution in [1.82, 2.24) is 0 Å². The van der Waals surface area contributed by atoms with Crippen LogP contribution in [0.1, 0.15) is 0 Å². The first-order valence-corrected chi connectivity index (χ1v) is 6.47. The predicted molar refractivity (Wildman–Crippen MR) is 47.2 cm³/mol. The average Bonchev–Trinajstić information content (AvgIpc) is 2.22. The Morgan fingerprint density at radius 2 is 0.875 bits per heavy atom. The molecule has 0 aromatic heterocycles. The van der Waals surface area contributed by atoms with Crippen molar-refractivity contribution < 1.29 is 70.0 Å². The Balaban J connectivity index is 6.30. The standard InChI is InChI=1S/C7H3F13O3S/c8-2(9,1-24(21,22)23)3(10,11)4(12,13)5(14,15)6(16,17)7(18,19)20/h1H2,(H,21,22,23). The van der Waals surface area contributed by atoms with Crippen molar-refractivity contribution in [3.8, 4) is 0 Å². The lowest BCUT2D eigenvalue weighted by Gasteiger charge is -2.39. The van der Waals surface area contributed by atoms with Crippen molar-refractivity contribution >= 4 is 10.1 Å². The first-order valence-electron chi connectivity index (χ1n) is 4.86. The van der Waals surface area contributed by atoms with Gasteiger partial charge in [0.25, 0.3) is 10.1 Å². The van der Waals surface area contributed by atoms with Crippen LogP contribution in [-0.2, 0) is 10.1 Å². The van der Waals surface area contributed by atoms with Crippen LogP contribution in [0.2, 0.25) is 0 Å². The molecule has 146 valence electrons. The molecule has 0 aliphatic rings. The van der Waals surface area contributed by atoms with E-state index in [2.05, 4.69) is 0 Å². The molecule has 0 aliphatic carbocycles. The second kappa shape index (κ2) is 5.50. The van der Waals surface area contributed by atoms with E-state index < -0.39 is 51.7 Å². The minimum Gasteiger partial charge on any atom is -0.285 e. The highest BCUT2D eigenvalue weighted by Gasteiger charge is 2.90. The topological polar surface area (TPSA) is 54.4 Å². The Morgan fingerprint density at radius 3 is 1.12 bits per heavy atom. The molecule has 3 nitrogen and oxygen atoms in total. The fraction of sp³-hybridized carbons (Fsp3) is 1.00. The Labute approximate surface area is 123 Å². The van der Waals surface area contributed by atoms with Crippen molar-refractivity contribution in [2.45, 2.75) is 35.8 Å². The summed E-state index contributed by atoms with van der Waals surface area (Å²) in [6.07, 6.45) is -7.55. The van der Waals surface area contributed by atoms with Crippen LogP contribution in [0.15, 0.2) is 0 Å². The molecule has 1 N–H and O–H groups in total. The normalized spacial score (nSPS) is 16.4. The third kappa shape index (κ3) is 3.36. The molecule has 0 aliphatic heterocycles. The average molecular weight is 414 g/mol. The Kier molecular flexibility index (Phi) is 5.27. The van der Waals surface area contributed by atoms with Gasteiger partial charge in [-0.25, -0.2) is 0 Å². The van der Waals surface area contributed by atoms with Crippen LogP contribution >= 0.6 is 0 Å². The maximum atomic E-state index is 12.9. The van der Waals surface area contributed by atoms with Crippen molar-refractivity contribution in [3.05, 3.63) is 0 Å². The summed E-state index contributed by atoms with van der Waals surface area (Å²) in [6, 6.07) is 0. The number of rotatable bonds is 6. The van der Waals surface area contributed by atoms with E-state index in [0.29, 0.717) is 0 Å². The molecule has 17 heteroatoms. The Morgan fingerprint density at radius 1 is 0.583 bits per heavy atom. The second-order valence-corrected chi connectivity index (χ2v) is 5.68. The van der Waals surface area contributed by atoms with E-state index in [1.165, 1.54) is 0 Å². The van der Waals surface area contributed by atoms with Gasteiger partial charge in [0, 0.05) is 0 Å². The number of hydrogen-bond acceptors (Lipinski definition) is 2. The van der Waals surface area contributed by atoms with Gasteiger partial charge in [-0.2, -0.15) is 65.5 Å². The van der Waals surface area contributed by atoms with Crippen LogP contribution in [0.3, 0.4) is 0 Å². The maximum absolute atomic E-state index is 12.9. The Hall–Kier alpha value is -1.00. The highest BCUT2D eigenvalue weighted by atomic mass is 32.2. The van der Waals surface area contributed by atoms with Gasteiger partial charge in [0.2, 0.25) is 0 Å². The zero-order valence-electron chi connectivity index (χ0n) is 10.3. The summed E-state index contributed by atoms with van der Waals surface area (Å²) in [7, 11) is -6.25. The molecular formula is C7H3F13O3S. The van der Waals surface area contributed by atoms with Crippen molar-refractivity contribution in [3.63, 3.8) is 0 Å². The summed E-state index contributed by atoms with van der Waals surface area (Å²) in [5.74, 6) is -42.3. The molecule has 0 spiro atoms. The molecule has 0 unspecified atom stereocenters. The van der Waals surface area contributed by atoms with Crippen LogP contribution in [0.25, 0.3) is 0 Å². The molecule has 0 fully saturated rings. The fourth-order valence-corrected chi connectivity index (χ4v) is 1.76. The maximum Gasteiger partial charge on any atom is 0.460 e. The smallest absolute Gasteiger partial charge is 0.285 e. The lowest BCUT2D eigenvalue weighted by molar-refractivity contribution is -0.438. The van der Waals surface area contributed by atoms with Crippen molar-refractivity contribution in [2.24, 2.45) is 0 Å². The van der Waals surface area contributed by atoms with Gasteiger partial charge in [-0.05, 0) is 0 Å². The van der Waals surface area contributed by atoms with Gasteiger partial charge in [0.05, 0.1) is 0 Å². The number of alkyl halides is 13. The summed E-state index contributed by atoms with van der Waals surface area (Å²) < 4.78 is 190. The lowest BCUT2D eigenvalue weighted by atomic mass is 9.94. The molecule has 0 saturated carbocycles. The fourth-order valence-electron chi connectivity index (χ4n) is 1.12. The predicted octanol–water partition coefficient (Wildman–Crippen LogP) is 3.61. The number of halogens is 13. The molecule has 0 heterocycles. The molecule has 0 aromatic carbocycles. The zero-order valence-corrected chi connectivity index (χ0v) is 11.1. The quantitative estimate of drug-likeness (QED) is 0.534. The van der Waals surface area contributed by atoms with Gasteiger partial charge >= 0.3 is 35.8 Å². The summed E-state index contributed by atoms with van der Waals surface area (Å²) in [6.45, 7) is 0. The van der Waals surface area contributed by atoms with Crippen LogP contribution in [0.5, 0.6) is 0 Å². The Bertz CT molecular complexity index is 575. The van der Waals surface area contributed by atoms with Crippen LogP contribution < -0.4 is 0 Å². The molecule has 0 aromatic rings. The minimum absolute atomic E-state index is 3.66. The molecule has 0 amide bonds. The SMILES string of the molecule is O=S(=O)(O)CC(F)(F)C(F)(F)C(F)(F)C(F)(F)C(F)(F)C(F)(F)F. The molecule has 24 heavy (non-hydrogen) atoms. The number of hydrogen-bond donors (Lipinski definition) is 1. The van der Waals surface area contributed by atoms with E-state index in [4.69, 9.17) is 4.55 Å². The van der Waals surface area contributed by atoms with E-state index in [0.717, 1.165) is 0 Å². The lowest BCUT2D eigenvalue weighted by Crippen LogP contribution is -2.70. The zero-order chi connectivity index (χ0) is 20.2. The highest BCUT2D eigenvalue weighted by molar-refractivity contribution is 7.85. The van der Waals surface area contributed by atoms with Crippen molar-refractivity contribution in [2.75, 3.05) is 5.75 Å². The molecule has 0 radical (unpaired) electrons. The third-order valence-corrected chi connectivity index (χ3v) is 3.09. The van der Waals surface area contributed by atoms with E-state index >= 15 is 0 Å². The van der Waals surface area contributed by atoms with E-state index in [9.17, 15) is 65.5 Å². The summed E-state index contributed by atoms with van der Waals surface area (Å²) in [5, 5.41) is 0. The van der Waals surface area contributed by atoms with E-state index in [-0.39, 0.29) is 0 Å². The van der Waals surface area contributed by atoms with Gasteiger partial charge in [-0.3, -0.25) is 4.55 Å². The third-order valence-electron chi connectivity index (χ3n) is 2.36. The first kappa shape index (κ1) is 23.0. The van der Waals surface area contributed by atoms with Gasteiger partial charge < -0.3 is 0 Å². The summed E-state index contributed by atoms with van der Waals surface area (Å²) in [5.41, 5.74) is 0. The van der Waals surface area contributed by atoms with Crippen LogP contribution in [-0.4, -0.2) is 54.5 Å². The van der Waals surface area contributed by atoms with Crippen molar-refractivity contribution in [1.29, 1.82) is 0 Å². The van der Waals surface area contributed by atoms with Gasteiger partial charge in [0.15, 0.2) is 0 Å². The summed E-state index contributed by atoms with van der Waals surface area (Å²) in [4.78, 5) is 0. The first-order chi connectivity index (χ1) is 9.96. The van der Waals surface area contributed by atoms with E-state index in [1.807, 2.05) is 0 Å². The summed E-state index contributed by atoms with van der Waals surface area (Å²) >= 11 is 0. The van der Waals surface area contributed by atoms with E-state index in [1.54, 1.807) is 0 Å². The monoisotopic (exact) mass is 414 g/mol. The molecular weight excluding hydrogens is 411 g/mol. The van der Waals surface area contributed by atoms with Crippen LogP contribution in [0.4, 0.5) is 57.1 Å². The molecule has 0 bridgehead atoms. The largest absolute Gasteiger partial charge is 0.460 e. The molecule has 0 saturated heterocycles. The highest BCUT2D eigenvalue weighted by Crippen LogP contribution is 2.60. The van der Waals surface area contributed by atoms with Gasteiger partial charge in [0.1, 0.15) is 5.75 Å². The van der Waals surface area contributed by atoms with Gasteiger partial charge in [-0.15, -0.1) is 0 Å². The second-order valence-electron chi connectivity index (χ2n) is 4.23. The molecule has 0 rings (SSSR count). The minimum atomic E-state index is -8.11.